The van der Waals surface area contributed by atoms with Crippen molar-refractivity contribution in [3.05, 3.63) is 29.8 Å². The van der Waals surface area contributed by atoms with Crippen LogP contribution >= 0.6 is 0 Å². The van der Waals surface area contributed by atoms with Gasteiger partial charge in [0.1, 0.15) is 5.82 Å². The first-order valence-electron chi connectivity index (χ1n) is 6.03. The zero-order valence-electron chi connectivity index (χ0n) is 10.4. The summed E-state index contributed by atoms with van der Waals surface area (Å²) in [6, 6.07) is 3.30. The number of rotatable bonds is 1. The van der Waals surface area contributed by atoms with Crippen molar-refractivity contribution >= 4 is 0 Å². The predicted molar refractivity (Wildman–Crippen MR) is 65.0 cm³/mol. The minimum Gasteiger partial charge on any atom is -0.317 e. The standard InChI is InChI=1S/C11H15FN2.C2H6/c1-11(4-6-13-7-5-11)10-3-2-9(12)8-14-10;1-2/h2-3,8,13H,4-7H2,1H3;1-2H3. The van der Waals surface area contributed by atoms with Gasteiger partial charge in [-0.05, 0) is 38.1 Å². The van der Waals surface area contributed by atoms with E-state index in [0.29, 0.717) is 0 Å². The summed E-state index contributed by atoms with van der Waals surface area (Å²) in [5.74, 6) is -0.258. The number of nitrogens with zero attached hydrogens (tertiary/aromatic N) is 1. The average Bonchev–Trinajstić information content (AvgIpc) is 2.33. The van der Waals surface area contributed by atoms with Crippen molar-refractivity contribution in [3.63, 3.8) is 0 Å². The molecule has 2 rings (SSSR count). The van der Waals surface area contributed by atoms with E-state index in [1.165, 1.54) is 12.3 Å². The van der Waals surface area contributed by atoms with Crippen molar-refractivity contribution in [2.24, 2.45) is 0 Å². The molecule has 0 saturated carbocycles. The lowest BCUT2D eigenvalue weighted by Crippen LogP contribution is -2.38. The summed E-state index contributed by atoms with van der Waals surface area (Å²) in [6.07, 6.45) is 3.46. The average molecular weight is 224 g/mol. The molecule has 0 aliphatic carbocycles. The summed E-state index contributed by atoms with van der Waals surface area (Å²) in [5.41, 5.74) is 1.14. The highest BCUT2D eigenvalue weighted by molar-refractivity contribution is 5.17. The van der Waals surface area contributed by atoms with Gasteiger partial charge in [0.05, 0.1) is 6.20 Å². The van der Waals surface area contributed by atoms with Crippen LogP contribution in [-0.4, -0.2) is 18.1 Å². The van der Waals surface area contributed by atoms with E-state index in [2.05, 4.69) is 17.2 Å². The van der Waals surface area contributed by atoms with Crippen LogP contribution in [0.1, 0.15) is 39.3 Å². The molecule has 1 saturated heterocycles. The first kappa shape index (κ1) is 13.1. The van der Waals surface area contributed by atoms with Gasteiger partial charge < -0.3 is 5.32 Å². The van der Waals surface area contributed by atoms with Crippen LogP contribution in [0.15, 0.2) is 18.3 Å². The molecule has 0 unspecified atom stereocenters. The first-order chi connectivity index (χ1) is 7.71. The van der Waals surface area contributed by atoms with Gasteiger partial charge in [0, 0.05) is 11.1 Å². The first-order valence-corrected chi connectivity index (χ1v) is 6.03. The van der Waals surface area contributed by atoms with E-state index in [1.807, 2.05) is 13.8 Å². The van der Waals surface area contributed by atoms with Crippen LogP contribution in [0, 0.1) is 5.82 Å². The zero-order chi connectivity index (χ0) is 12.0. The monoisotopic (exact) mass is 224 g/mol. The maximum absolute atomic E-state index is 12.7. The van der Waals surface area contributed by atoms with E-state index in [-0.39, 0.29) is 11.2 Å². The van der Waals surface area contributed by atoms with Crippen molar-refractivity contribution < 1.29 is 4.39 Å². The lowest BCUT2D eigenvalue weighted by Gasteiger charge is -2.33. The third-order valence-corrected chi connectivity index (χ3v) is 3.05. The topological polar surface area (TPSA) is 24.9 Å². The molecule has 0 radical (unpaired) electrons. The Bertz CT molecular complexity index is 302. The third-order valence-electron chi connectivity index (χ3n) is 3.05. The fourth-order valence-corrected chi connectivity index (χ4v) is 1.97. The number of hydrogen-bond acceptors (Lipinski definition) is 2. The van der Waals surface area contributed by atoms with E-state index in [1.54, 1.807) is 6.07 Å². The Balaban J connectivity index is 0.000000606. The van der Waals surface area contributed by atoms with Gasteiger partial charge in [-0.3, -0.25) is 4.98 Å². The normalized spacial score (nSPS) is 18.5. The van der Waals surface area contributed by atoms with Crippen LogP contribution in [0.2, 0.25) is 0 Å². The Hall–Kier alpha value is -0.960. The second-order valence-corrected chi connectivity index (χ2v) is 4.17. The Morgan fingerprint density at radius 3 is 2.38 bits per heavy atom. The van der Waals surface area contributed by atoms with Gasteiger partial charge in [0.25, 0.3) is 0 Å². The highest BCUT2D eigenvalue weighted by Crippen LogP contribution is 2.31. The van der Waals surface area contributed by atoms with Gasteiger partial charge in [-0.25, -0.2) is 4.39 Å². The maximum atomic E-state index is 12.7. The molecule has 1 aromatic rings. The molecule has 16 heavy (non-hydrogen) atoms. The van der Waals surface area contributed by atoms with Crippen LogP contribution in [0.25, 0.3) is 0 Å². The smallest absolute Gasteiger partial charge is 0.141 e. The van der Waals surface area contributed by atoms with Gasteiger partial charge >= 0.3 is 0 Å². The largest absolute Gasteiger partial charge is 0.317 e. The van der Waals surface area contributed by atoms with Crippen LogP contribution in [-0.2, 0) is 5.41 Å². The highest BCUT2D eigenvalue weighted by Gasteiger charge is 2.29. The van der Waals surface area contributed by atoms with Gasteiger partial charge in [-0.1, -0.05) is 20.8 Å². The molecule has 0 atom stereocenters. The molecule has 3 heteroatoms. The van der Waals surface area contributed by atoms with Crippen molar-refractivity contribution in [2.45, 2.75) is 39.0 Å². The van der Waals surface area contributed by atoms with Crippen molar-refractivity contribution in [2.75, 3.05) is 13.1 Å². The molecule has 2 nitrogen and oxygen atoms in total. The van der Waals surface area contributed by atoms with E-state index in [0.717, 1.165) is 31.6 Å². The third kappa shape index (κ3) is 3.01. The molecule has 1 aliphatic heterocycles. The fraction of sp³-hybridized carbons (Fsp3) is 0.615. The molecular formula is C13H21FN2. The minimum absolute atomic E-state index is 0.124. The molecule has 1 fully saturated rings. The Morgan fingerprint density at radius 1 is 1.25 bits per heavy atom. The predicted octanol–water partition coefficient (Wildman–Crippen LogP) is 2.89. The molecule has 0 spiro atoms. The summed E-state index contributed by atoms with van der Waals surface area (Å²) >= 11 is 0. The van der Waals surface area contributed by atoms with E-state index < -0.39 is 0 Å². The molecular weight excluding hydrogens is 203 g/mol. The van der Waals surface area contributed by atoms with E-state index in [9.17, 15) is 4.39 Å². The molecule has 1 aromatic heterocycles. The van der Waals surface area contributed by atoms with Crippen molar-refractivity contribution in [1.29, 1.82) is 0 Å². The zero-order valence-corrected chi connectivity index (χ0v) is 10.4. The summed E-state index contributed by atoms with van der Waals surface area (Å²) in [6.45, 7) is 8.25. The Morgan fingerprint density at radius 2 is 1.88 bits per heavy atom. The lowest BCUT2D eigenvalue weighted by atomic mass is 9.78. The number of pyridine rings is 1. The van der Waals surface area contributed by atoms with Gasteiger partial charge in [0.15, 0.2) is 0 Å². The Labute approximate surface area is 97.3 Å². The molecule has 1 aliphatic rings. The van der Waals surface area contributed by atoms with Crippen molar-refractivity contribution in [1.82, 2.24) is 10.3 Å². The number of aromatic nitrogens is 1. The lowest BCUT2D eigenvalue weighted by molar-refractivity contribution is 0.327. The molecule has 0 aromatic carbocycles. The number of hydrogen-bond donors (Lipinski definition) is 1. The van der Waals surface area contributed by atoms with Crippen molar-refractivity contribution in [3.8, 4) is 0 Å². The van der Waals surface area contributed by atoms with Crippen LogP contribution in [0.3, 0.4) is 0 Å². The van der Waals surface area contributed by atoms with Crippen LogP contribution < -0.4 is 5.32 Å². The molecule has 1 N–H and O–H groups in total. The Kier molecular flexibility index (Phi) is 4.87. The van der Waals surface area contributed by atoms with Gasteiger partial charge in [-0.2, -0.15) is 0 Å². The van der Waals surface area contributed by atoms with E-state index >= 15 is 0 Å². The fourth-order valence-electron chi connectivity index (χ4n) is 1.97. The maximum Gasteiger partial charge on any atom is 0.141 e. The number of nitrogens with one attached hydrogen (secondary N) is 1. The summed E-state index contributed by atoms with van der Waals surface area (Å²) in [4.78, 5) is 4.17. The SMILES string of the molecule is CC.CC1(c2ccc(F)cn2)CCNCC1. The second kappa shape index (κ2) is 5.94. The molecule has 0 bridgehead atoms. The summed E-state index contributed by atoms with van der Waals surface area (Å²) < 4.78 is 12.7. The van der Waals surface area contributed by atoms with Gasteiger partial charge in [-0.15, -0.1) is 0 Å². The van der Waals surface area contributed by atoms with E-state index in [4.69, 9.17) is 0 Å². The minimum atomic E-state index is -0.258. The molecule has 2 heterocycles. The second-order valence-electron chi connectivity index (χ2n) is 4.17. The number of halogens is 1. The number of piperidine rings is 1. The van der Waals surface area contributed by atoms with Gasteiger partial charge in [0.2, 0.25) is 0 Å². The quantitative estimate of drug-likeness (QED) is 0.793. The molecule has 0 amide bonds. The summed E-state index contributed by atoms with van der Waals surface area (Å²) in [7, 11) is 0. The summed E-state index contributed by atoms with van der Waals surface area (Å²) in [5, 5.41) is 3.32. The molecule has 90 valence electrons. The van der Waals surface area contributed by atoms with Crippen LogP contribution in [0.4, 0.5) is 4.39 Å². The highest BCUT2D eigenvalue weighted by atomic mass is 19.1. The van der Waals surface area contributed by atoms with Crippen LogP contribution in [0.5, 0.6) is 0 Å².